The second-order valence-corrected chi connectivity index (χ2v) is 8.47. The van der Waals surface area contributed by atoms with E-state index in [9.17, 15) is 24.3 Å². The molecular formula is C17H17N2NaO6S2. The average molecular weight is 432 g/mol. The number of esters is 1. The Bertz CT molecular complexity index is 841. The van der Waals surface area contributed by atoms with Crippen molar-refractivity contribution >= 4 is 46.9 Å². The molecule has 2 amide bonds. The summed E-state index contributed by atoms with van der Waals surface area (Å²) in [5, 5.41) is 15.6. The molecule has 0 unspecified atom stereocenters. The number of hydrogen-bond acceptors (Lipinski definition) is 8. The molecule has 0 aromatic carbocycles. The van der Waals surface area contributed by atoms with Crippen LogP contribution in [0.3, 0.4) is 0 Å². The van der Waals surface area contributed by atoms with Crippen LogP contribution in [-0.2, 0) is 30.3 Å². The summed E-state index contributed by atoms with van der Waals surface area (Å²) in [4.78, 5) is 49.6. The van der Waals surface area contributed by atoms with E-state index in [-0.39, 0.29) is 59.9 Å². The summed E-state index contributed by atoms with van der Waals surface area (Å²) < 4.78 is 4.87. The normalized spacial score (nSPS) is 23.3. The first-order valence-electron chi connectivity index (χ1n) is 8.09. The van der Waals surface area contributed by atoms with E-state index >= 15 is 0 Å². The molecule has 2 atom stereocenters. The minimum absolute atomic E-state index is 0. The molecule has 3 heterocycles. The average Bonchev–Trinajstić information content (AvgIpc) is 3.11. The van der Waals surface area contributed by atoms with E-state index < -0.39 is 28.8 Å². The van der Waals surface area contributed by atoms with Crippen LogP contribution in [0.25, 0.3) is 0 Å². The number of carbonyl (C=O) groups is 4. The fourth-order valence-corrected chi connectivity index (χ4v) is 5.22. The quantitative estimate of drug-likeness (QED) is 0.284. The van der Waals surface area contributed by atoms with Crippen LogP contribution in [0.2, 0.25) is 0 Å². The Kier molecular flexibility index (Phi) is 7.38. The monoisotopic (exact) mass is 432 g/mol. The Labute approximate surface area is 192 Å². The van der Waals surface area contributed by atoms with E-state index in [4.69, 9.17) is 4.74 Å². The van der Waals surface area contributed by atoms with E-state index in [1.165, 1.54) is 30.0 Å². The molecule has 11 heteroatoms. The van der Waals surface area contributed by atoms with Gasteiger partial charge >= 0.3 is 35.5 Å². The van der Waals surface area contributed by atoms with Gasteiger partial charge in [0.2, 0.25) is 5.91 Å². The number of aliphatic carboxylic acids is 1. The van der Waals surface area contributed by atoms with Crippen molar-refractivity contribution < 1.29 is 58.6 Å². The third kappa shape index (κ3) is 4.30. The fourth-order valence-electron chi connectivity index (χ4n) is 3.09. The third-order valence-corrected chi connectivity index (χ3v) is 6.73. The summed E-state index contributed by atoms with van der Waals surface area (Å²) >= 11 is 2.75. The van der Waals surface area contributed by atoms with Crippen LogP contribution in [0.15, 0.2) is 28.8 Å². The third-order valence-electron chi connectivity index (χ3n) is 4.34. The molecule has 1 fully saturated rings. The summed E-state index contributed by atoms with van der Waals surface area (Å²) in [6.45, 7) is 2.58. The van der Waals surface area contributed by atoms with Crippen LogP contribution >= 0.6 is 23.1 Å². The number of hydrogen-bond donors (Lipinski definition) is 1. The number of β-lactam (4-membered cyclic amide) rings is 1. The number of rotatable bonds is 6. The van der Waals surface area contributed by atoms with Crippen LogP contribution in [0.1, 0.15) is 18.7 Å². The van der Waals surface area contributed by atoms with Gasteiger partial charge in [-0.15, -0.1) is 23.1 Å². The van der Waals surface area contributed by atoms with Crippen molar-refractivity contribution in [1.29, 1.82) is 0 Å². The zero-order valence-corrected chi connectivity index (χ0v) is 19.3. The van der Waals surface area contributed by atoms with Crippen LogP contribution in [0.4, 0.5) is 0 Å². The number of carboxylic acid groups (broad SMARTS) is 1. The van der Waals surface area contributed by atoms with E-state index in [0.717, 1.165) is 9.78 Å². The van der Waals surface area contributed by atoms with Gasteiger partial charge in [0.15, 0.2) is 0 Å². The van der Waals surface area contributed by atoms with Gasteiger partial charge in [0.1, 0.15) is 17.5 Å². The van der Waals surface area contributed by atoms with E-state index in [0.29, 0.717) is 5.57 Å². The Balaban J connectivity index is 0.00000280. The predicted molar refractivity (Wildman–Crippen MR) is 96.3 cm³/mol. The maximum absolute atomic E-state index is 12.7. The SMILES string of the molecule is CC(=O)OCC1=C(C(=O)[O-])N2C(=O)[C@@](C)(NC(=O)Cc3cccs3)[C@H]2SC1.[Na+]. The van der Waals surface area contributed by atoms with Gasteiger partial charge in [-0.1, -0.05) is 6.07 Å². The number of thiophene rings is 1. The topological polar surface area (TPSA) is 116 Å². The number of amides is 2. The number of nitrogens with one attached hydrogen (secondary N) is 1. The largest absolute Gasteiger partial charge is 1.00 e. The molecule has 1 aromatic rings. The molecule has 3 rings (SSSR count). The molecule has 144 valence electrons. The van der Waals surface area contributed by atoms with Crippen molar-refractivity contribution in [3.8, 4) is 0 Å². The first kappa shape index (κ1) is 23.0. The first-order valence-corrected chi connectivity index (χ1v) is 10.0. The summed E-state index contributed by atoms with van der Waals surface area (Å²) in [5.74, 6) is -2.64. The molecule has 1 N–H and O–H groups in total. The van der Waals surface area contributed by atoms with E-state index in [2.05, 4.69) is 5.32 Å². The van der Waals surface area contributed by atoms with Crippen LogP contribution in [-0.4, -0.2) is 51.9 Å². The zero-order chi connectivity index (χ0) is 19.8. The van der Waals surface area contributed by atoms with Crippen molar-refractivity contribution in [2.75, 3.05) is 12.4 Å². The molecule has 0 aliphatic carbocycles. The van der Waals surface area contributed by atoms with Gasteiger partial charge < -0.3 is 20.0 Å². The standard InChI is InChI=1S/C17H18N2O6S2.Na/c1-9(20)25-7-10-8-27-16-17(2,15(24)19(16)13(10)14(22)23)18-12(21)6-11-4-3-5-26-11;/h3-5,16H,6-8H2,1-2H3,(H,18,21)(H,22,23);/q;+1/p-1/t16-,17-;/m1./s1. The second kappa shape index (κ2) is 9.00. The Morgan fingerprint density at radius 1 is 1.43 bits per heavy atom. The number of thioether (sulfide) groups is 1. The summed E-state index contributed by atoms with van der Waals surface area (Å²) in [6, 6.07) is 3.67. The van der Waals surface area contributed by atoms with E-state index in [1.807, 2.05) is 17.5 Å². The molecule has 0 spiro atoms. The van der Waals surface area contributed by atoms with Crippen molar-refractivity contribution in [3.05, 3.63) is 33.7 Å². The van der Waals surface area contributed by atoms with Gasteiger partial charge in [-0.05, 0) is 18.4 Å². The minimum atomic E-state index is -1.51. The molecular weight excluding hydrogens is 415 g/mol. The molecule has 28 heavy (non-hydrogen) atoms. The van der Waals surface area contributed by atoms with Gasteiger partial charge in [0, 0.05) is 23.1 Å². The summed E-state index contributed by atoms with van der Waals surface area (Å²) in [7, 11) is 0. The molecule has 0 radical (unpaired) electrons. The van der Waals surface area contributed by atoms with Gasteiger partial charge in [-0.3, -0.25) is 19.3 Å². The number of nitrogens with zero attached hydrogens (tertiary/aromatic N) is 1. The van der Waals surface area contributed by atoms with Crippen molar-refractivity contribution in [2.45, 2.75) is 31.2 Å². The van der Waals surface area contributed by atoms with Gasteiger partial charge in [0.05, 0.1) is 18.1 Å². The Hall–Kier alpha value is -1.33. The van der Waals surface area contributed by atoms with Gasteiger partial charge in [-0.25, -0.2) is 0 Å². The van der Waals surface area contributed by atoms with Crippen molar-refractivity contribution in [2.24, 2.45) is 0 Å². The van der Waals surface area contributed by atoms with Crippen molar-refractivity contribution in [3.63, 3.8) is 0 Å². The fraction of sp³-hybridized carbons (Fsp3) is 0.412. The van der Waals surface area contributed by atoms with Gasteiger partial charge in [0.25, 0.3) is 5.91 Å². The Morgan fingerprint density at radius 2 is 2.14 bits per heavy atom. The van der Waals surface area contributed by atoms with Crippen LogP contribution in [0, 0.1) is 0 Å². The molecule has 2 aliphatic rings. The van der Waals surface area contributed by atoms with Crippen molar-refractivity contribution in [1.82, 2.24) is 10.2 Å². The number of fused-ring (bicyclic) bond motifs is 1. The Morgan fingerprint density at radius 3 is 2.71 bits per heavy atom. The zero-order valence-electron chi connectivity index (χ0n) is 15.6. The maximum Gasteiger partial charge on any atom is 1.00 e. The van der Waals surface area contributed by atoms with Gasteiger partial charge in [-0.2, -0.15) is 0 Å². The molecule has 0 saturated carbocycles. The van der Waals surface area contributed by atoms with Crippen LogP contribution < -0.4 is 40.0 Å². The minimum Gasteiger partial charge on any atom is -0.543 e. The second-order valence-electron chi connectivity index (χ2n) is 6.37. The van der Waals surface area contributed by atoms with E-state index in [1.54, 1.807) is 6.92 Å². The molecule has 2 aliphatic heterocycles. The maximum atomic E-state index is 12.7. The predicted octanol–water partition coefficient (Wildman–Crippen LogP) is -3.35. The van der Waals surface area contributed by atoms with Crippen LogP contribution in [0.5, 0.6) is 0 Å². The number of carboxylic acids is 1. The summed E-state index contributed by atoms with van der Waals surface area (Å²) in [6.07, 6.45) is 0.152. The molecule has 8 nitrogen and oxygen atoms in total. The number of carbonyl (C=O) groups excluding carboxylic acids is 4. The first-order chi connectivity index (χ1) is 12.7. The molecule has 1 saturated heterocycles. The number of ether oxygens (including phenoxy) is 1. The summed E-state index contributed by atoms with van der Waals surface area (Å²) in [5.41, 5.74) is -1.19. The molecule has 1 aromatic heterocycles. The molecule has 0 bridgehead atoms. The smallest absolute Gasteiger partial charge is 0.543 e.